The molecule has 0 aromatic heterocycles. The first-order valence-electron chi connectivity index (χ1n) is 9.72. The fourth-order valence-electron chi connectivity index (χ4n) is 4.25. The van der Waals surface area contributed by atoms with Gasteiger partial charge in [0.2, 0.25) is 10.0 Å². The van der Waals surface area contributed by atoms with Crippen LogP contribution in [0.5, 0.6) is 0 Å². The molecule has 1 aromatic carbocycles. The van der Waals surface area contributed by atoms with E-state index >= 15 is 0 Å². The maximum atomic E-state index is 12.4. The fourth-order valence-corrected chi connectivity index (χ4v) is 5.40. The van der Waals surface area contributed by atoms with Crippen molar-refractivity contribution in [2.24, 2.45) is 5.92 Å². The van der Waals surface area contributed by atoms with Gasteiger partial charge in [0.15, 0.2) is 0 Å². The first-order chi connectivity index (χ1) is 12.7. The Hall–Kier alpha value is -1.89. The van der Waals surface area contributed by atoms with Gasteiger partial charge in [-0.3, -0.25) is 0 Å². The van der Waals surface area contributed by atoms with Gasteiger partial charge in [0, 0.05) is 12.1 Å². The molecule has 2 aliphatic carbocycles. The number of aryl methyl sites for hydroxylation is 2. The molecular formula is C20H28N2O4S. The largest absolute Gasteiger partial charge is 0.332 e. The van der Waals surface area contributed by atoms with E-state index in [0.29, 0.717) is 12.8 Å². The number of ketones is 1. The summed E-state index contributed by atoms with van der Waals surface area (Å²) in [5.41, 5.74) is 5.73. The highest BCUT2D eigenvalue weighted by atomic mass is 32.2. The first-order valence-corrected chi connectivity index (χ1v) is 11.4. The van der Waals surface area contributed by atoms with Gasteiger partial charge in [-0.2, -0.15) is 0 Å². The number of fused-ring (bicyclic) bond motifs is 2. The van der Waals surface area contributed by atoms with Crippen molar-refractivity contribution < 1.29 is 18.0 Å². The number of hydrogen-bond donors (Lipinski definition) is 2. The third-order valence-electron chi connectivity index (χ3n) is 5.48. The lowest BCUT2D eigenvalue weighted by Crippen LogP contribution is -2.36. The van der Waals surface area contributed by atoms with Crippen LogP contribution < -0.4 is 10.0 Å². The molecule has 2 amide bonds. The summed E-state index contributed by atoms with van der Waals surface area (Å²) >= 11 is 0. The molecule has 6 nitrogen and oxygen atoms in total. The third kappa shape index (κ3) is 4.89. The Bertz CT molecular complexity index is 829. The van der Waals surface area contributed by atoms with Gasteiger partial charge in [0.25, 0.3) is 0 Å². The molecule has 0 saturated carbocycles. The Labute approximate surface area is 161 Å². The Morgan fingerprint density at radius 1 is 1.07 bits per heavy atom. The summed E-state index contributed by atoms with van der Waals surface area (Å²) < 4.78 is 26.6. The average molecular weight is 393 g/mol. The normalized spacial score (nSPS) is 16.5. The minimum Gasteiger partial charge on any atom is -0.307 e. The molecule has 1 unspecified atom stereocenters. The van der Waals surface area contributed by atoms with Gasteiger partial charge in [0.1, 0.15) is 5.78 Å². The minimum atomic E-state index is -3.73. The van der Waals surface area contributed by atoms with Crippen molar-refractivity contribution in [2.45, 2.75) is 65.2 Å². The maximum Gasteiger partial charge on any atom is 0.332 e. The number of Topliss-reactive ketones (excluding diaryl/α,β-unsaturated/α-hetero) is 1. The van der Waals surface area contributed by atoms with Crippen LogP contribution in [-0.4, -0.2) is 26.0 Å². The number of anilines is 1. The van der Waals surface area contributed by atoms with Crippen LogP contribution in [0.15, 0.2) is 6.07 Å². The lowest BCUT2D eigenvalue weighted by atomic mass is 9.99. The van der Waals surface area contributed by atoms with Crippen LogP contribution in [0.4, 0.5) is 10.5 Å². The zero-order chi connectivity index (χ0) is 19.6. The number of rotatable bonds is 7. The van der Waals surface area contributed by atoms with Gasteiger partial charge in [-0.1, -0.05) is 13.0 Å². The lowest BCUT2D eigenvalue weighted by Gasteiger charge is -2.17. The average Bonchev–Trinajstić information content (AvgIpc) is 3.20. The number of urea groups is 1. The molecule has 1 atom stereocenters. The summed E-state index contributed by atoms with van der Waals surface area (Å²) in [5, 5.41) is 2.84. The van der Waals surface area contributed by atoms with Gasteiger partial charge in [-0.25, -0.2) is 17.9 Å². The molecular weight excluding hydrogens is 364 g/mol. The van der Waals surface area contributed by atoms with E-state index in [9.17, 15) is 18.0 Å². The van der Waals surface area contributed by atoms with E-state index in [1.807, 2.05) is 6.92 Å². The summed E-state index contributed by atoms with van der Waals surface area (Å²) in [6, 6.07) is 1.57. The van der Waals surface area contributed by atoms with E-state index in [-0.39, 0.29) is 17.5 Å². The highest BCUT2D eigenvalue weighted by molar-refractivity contribution is 7.90. The van der Waals surface area contributed by atoms with Gasteiger partial charge >= 0.3 is 6.03 Å². The summed E-state index contributed by atoms with van der Waals surface area (Å²) in [6.45, 7) is 3.33. The molecule has 7 heteroatoms. The van der Waals surface area contributed by atoms with Gasteiger partial charge in [-0.15, -0.1) is 0 Å². The van der Waals surface area contributed by atoms with Crippen molar-refractivity contribution in [1.82, 2.24) is 4.72 Å². The molecule has 0 heterocycles. The van der Waals surface area contributed by atoms with Gasteiger partial charge in [0.05, 0.1) is 5.75 Å². The van der Waals surface area contributed by atoms with E-state index in [2.05, 4.69) is 16.1 Å². The Kier molecular flexibility index (Phi) is 5.89. The Morgan fingerprint density at radius 3 is 2.22 bits per heavy atom. The van der Waals surface area contributed by atoms with Crippen LogP contribution in [0, 0.1) is 5.92 Å². The molecule has 0 radical (unpaired) electrons. The van der Waals surface area contributed by atoms with Gasteiger partial charge < -0.3 is 10.1 Å². The number of benzene rings is 1. The topological polar surface area (TPSA) is 92.3 Å². The second-order valence-electron chi connectivity index (χ2n) is 7.91. The first kappa shape index (κ1) is 19.9. The number of hydrogen-bond acceptors (Lipinski definition) is 4. The minimum absolute atomic E-state index is 0.0252. The Morgan fingerprint density at radius 2 is 1.67 bits per heavy atom. The number of carbonyl (C=O) groups is 2. The SMILES string of the molecule is CC(=O)CC(C)CCS(=O)(=O)NC(=O)Nc1c2c(cc3c1CCC3)CCC2. The number of sulfonamides is 1. The van der Waals surface area contributed by atoms with Crippen LogP contribution in [0.1, 0.15) is 61.8 Å². The van der Waals surface area contributed by atoms with Crippen molar-refractivity contribution in [1.29, 1.82) is 0 Å². The molecule has 1 aromatic rings. The monoisotopic (exact) mass is 392 g/mol. The molecule has 0 fully saturated rings. The lowest BCUT2D eigenvalue weighted by molar-refractivity contribution is -0.117. The smallest absolute Gasteiger partial charge is 0.307 e. The number of nitrogens with one attached hydrogen (secondary N) is 2. The van der Waals surface area contributed by atoms with Crippen molar-refractivity contribution in [2.75, 3.05) is 11.1 Å². The van der Waals surface area contributed by atoms with Crippen molar-refractivity contribution in [3.63, 3.8) is 0 Å². The molecule has 0 aliphatic heterocycles. The van der Waals surface area contributed by atoms with E-state index in [4.69, 9.17) is 0 Å². The van der Waals surface area contributed by atoms with Crippen LogP contribution in [0.25, 0.3) is 0 Å². The Balaban J connectivity index is 1.65. The fraction of sp³-hybridized carbons (Fsp3) is 0.600. The van der Waals surface area contributed by atoms with Crippen molar-refractivity contribution in [3.8, 4) is 0 Å². The molecule has 2 N–H and O–H groups in total. The standard InChI is InChI=1S/C20H28N2O4S/c1-13(11-14(2)23)9-10-27(25,26)22-20(24)21-19-17-7-3-5-15(17)12-16-6-4-8-18(16)19/h12-13H,3-11H2,1-2H3,(H2,21,22,24). The summed E-state index contributed by atoms with van der Waals surface area (Å²) in [6.07, 6.45) is 6.72. The molecule has 0 spiro atoms. The van der Waals surface area contributed by atoms with Crippen LogP contribution in [-0.2, 0) is 40.5 Å². The van der Waals surface area contributed by atoms with E-state index in [1.54, 1.807) is 0 Å². The summed E-state index contributed by atoms with van der Waals surface area (Å²) in [4.78, 5) is 23.5. The predicted octanol–water partition coefficient (Wildman–Crippen LogP) is 3.12. The van der Waals surface area contributed by atoms with Crippen molar-refractivity contribution >= 4 is 27.5 Å². The molecule has 148 valence electrons. The molecule has 27 heavy (non-hydrogen) atoms. The second-order valence-corrected chi connectivity index (χ2v) is 9.75. The van der Waals surface area contributed by atoms with Crippen LogP contribution >= 0.6 is 0 Å². The van der Waals surface area contributed by atoms with E-state index < -0.39 is 16.1 Å². The quantitative estimate of drug-likeness (QED) is 0.746. The van der Waals surface area contributed by atoms with E-state index in [1.165, 1.54) is 29.2 Å². The molecule has 0 saturated heterocycles. The van der Waals surface area contributed by atoms with Crippen molar-refractivity contribution in [3.05, 3.63) is 28.3 Å². The number of amides is 2. The zero-order valence-electron chi connectivity index (χ0n) is 16.1. The van der Waals surface area contributed by atoms with Crippen LogP contribution in [0.2, 0.25) is 0 Å². The maximum absolute atomic E-state index is 12.4. The van der Waals surface area contributed by atoms with E-state index in [0.717, 1.165) is 44.2 Å². The number of carbonyl (C=O) groups excluding carboxylic acids is 2. The molecule has 3 rings (SSSR count). The third-order valence-corrected chi connectivity index (χ3v) is 6.74. The summed E-state index contributed by atoms with van der Waals surface area (Å²) in [7, 11) is -3.73. The highest BCUT2D eigenvalue weighted by Gasteiger charge is 2.26. The molecule has 0 bridgehead atoms. The summed E-state index contributed by atoms with van der Waals surface area (Å²) in [5.74, 6) is -0.153. The molecule has 2 aliphatic rings. The second kappa shape index (κ2) is 8.00. The highest BCUT2D eigenvalue weighted by Crippen LogP contribution is 2.38. The predicted molar refractivity (Wildman–Crippen MR) is 106 cm³/mol. The zero-order valence-corrected chi connectivity index (χ0v) is 16.9. The van der Waals surface area contributed by atoms with Gasteiger partial charge in [-0.05, 0) is 80.0 Å². The van der Waals surface area contributed by atoms with Crippen LogP contribution in [0.3, 0.4) is 0 Å².